The summed E-state index contributed by atoms with van der Waals surface area (Å²) < 4.78 is 0. The fraction of sp³-hybridized carbons (Fsp3) is 0.412. The number of benzene rings is 1. The standard InChI is InChI=1S/C17H22N4O.ClH/c1-4-10-18-16(21-11-5-6-12-21)20-17(22)19-15-13(2)8-7-9-14(15)3;/h1,7-9H,5-6,10-12H2,2-3H3,(H2,18,19,20,22);1H. The highest BCUT2D eigenvalue weighted by Gasteiger charge is 2.18. The number of urea groups is 1. The number of aliphatic imine (C=N–C) groups is 1. The molecule has 0 saturated carbocycles. The van der Waals surface area contributed by atoms with Gasteiger partial charge in [-0.2, -0.15) is 0 Å². The van der Waals surface area contributed by atoms with E-state index in [2.05, 4.69) is 26.4 Å². The molecule has 2 amide bonds. The molecule has 1 aromatic carbocycles. The number of aryl methyl sites for hydroxylation is 2. The van der Waals surface area contributed by atoms with Crippen molar-refractivity contribution in [1.29, 1.82) is 0 Å². The second-order valence-corrected chi connectivity index (χ2v) is 5.38. The smallest absolute Gasteiger partial charge is 0.326 e. The van der Waals surface area contributed by atoms with Crippen molar-refractivity contribution in [1.82, 2.24) is 10.2 Å². The highest BCUT2D eigenvalue weighted by Crippen LogP contribution is 2.19. The first-order valence-corrected chi connectivity index (χ1v) is 7.49. The van der Waals surface area contributed by atoms with Crippen LogP contribution in [0.3, 0.4) is 0 Å². The second-order valence-electron chi connectivity index (χ2n) is 5.38. The van der Waals surface area contributed by atoms with Gasteiger partial charge in [-0.05, 0) is 37.8 Å². The number of carbonyl (C=O) groups is 1. The first-order valence-electron chi connectivity index (χ1n) is 7.49. The number of hydrogen-bond acceptors (Lipinski definition) is 2. The number of anilines is 1. The fourth-order valence-corrected chi connectivity index (χ4v) is 2.53. The molecule has 1 aliphatic rings. The molecule has 0 spiro atoms. The van der Waals surface area contributed by atoms with E-state index in [9.17, 15) is 4.79 Å². The third-order valence-electron chi connectivity index (χ3n) is 3.67. The summed E-state index contributed by atoms with van der Waals surface area (Å²) >= 11 is 0. The molecular formula is C17H23ClN4O. The zero-order chi connectivity index (χ0) is 15.9. The van der Waals surface area contributed by atoms with E-state index in [1.165, 1.54) is 0 Å². The van der Waals surface area contributed by atoms with Crippen LogP contribution in [0.15, 0.2) is 23.2 Å². The number of rotatable bonds is 2. The quantitative estimate of drug-likeness (QED) is 0.496. The maximum atomic E-state index is 12.3. The zero-order valence-corrected chi connectivity index (χ0v) is 14.4. The molecule has 1 aliphatic heterocycles. The molecule has 2 N–H and O–H groups in total. The maximum Gasteiger partial charge on any atom is 0.326 e. The molecule has 0 radical (unpaired) electrons. The molecule has 0 aromatic heterocycles. The lowest BCUT2D eigenvalue weighted by Gasteiger charge is -2.21. The summed E-state index contributed by atoms with van der Waals surface area (Å²) in [7, 11) is 0. The summed E-state index contributed by atoms with van der Waals surface area (Å²) in [6.45, 7) is 5.99. The summed E-state index contributed by atoms with van der Waals surface area (Å²) in [4.78, 5) is 18.6. The van der Waals surface area contributed by atoms with Gasteiger partial charge in [0, 0.05) is 18.8 Å². The maximum absolute atomic E-state index is 12.3. The van der Waals surface area contributed by atoms with Crippen molar-refractivity contribution in [3.63, 3.8) is 0 Å². The average Bonchev–Trinajstić information content (AvgIpc) is 3.01. The van der Waals surface area contributed by atoms with Crippen molar-refractivity contribution < 1.29 is 4.79 Å². The molecule has 1 aromatic rings. The normalized spacial score (nSPS) is 14.0. The summed E-state index contributed by atoms with van der Waals surface area (Å²) in [5.41, 5.74) is 2.88. The average molecular weight is 335 g/mol. The summed E-state index contributed by atoms with van der Waals surface area (Å²) in [5, 5.41) is 5.73. The molecule has 0 bridgehead atoms. The Kier molecular flexibility index (Phi) is 7.43. The van der Waals surface area contributed by atoms with Gasteiger partial charge >= 0.3 is 6.03 Å². The monoisotopic (exact) mass is 334 g/mol. The van der Waals surface area contributed by atoms with E-state index in [0.717, 1.165) is 42.7 Å². The SMILES string of the molecule is C#CCN=C(NC(=O)Nc1c(C)cccc1C)N1CCCC1.Cl. The van der Waals surface area contributed by atoms with Crippen molar-refractivity contribution in [2.24, 2.45) is 4.99 Å². The van der Waals surface area contributed by atoms with Crippen LogP contribution < -0.4 is 10.6 Å². The number of amides is 2. The molecule has 2 rings (SSSR count). The second kappa shape index (κ2) is 9.06. The Morgan fingerprint density at radius 2 is 1.91 bits per heavy atom. The molecular weight excluding hydrogens is 312 g/mol. The molecule has 0 unspecified atom stereocenters. The summed E-state index contributed by atoms with van der Waals surface area (Å²) in [6.07, 6.45) is 7.48. The number of halogens is 1. The molecule has 124 valence electrons. The van der Waals surface area contributed by atoms with Gasteiger partial charge in [0.25, 0.3) is 0 Å². The third kappa shape index (κ3) is 5.19. The van der Waals surface area contributed by atoms with Crippen molar-refractivity contribution >= 4 is 30.1 Å². The lowest BCUT2D eigenvalue weighted by Crippen LogP contribution is -2.44. The number of nitrogens with one attached hydrogen (secondary N) is 2. The van der Waals surface area contributed by atoms with Gasteiger partial charge in [0.05, 0.1) is 0 Å². The molecule has 6 heteroatoms. The Morgan fingerprint density at radius 1 is 1.30 bits per heavy atom. The van der Waals surface area contributed by atoms with Crippen LogP contribution in [0.25, 0.3) is 0 Å². The first-order chi connectivity index (χ1) is 10.6. The van der Waals surface area contributed by atoms with E-state index < -0.39 is 0 Å². The third-order valence-corrected chi connectivity index (χ3v) is 3.67. The van der Waals surface area contributed by atoms with E-state index >= 15 is 0 Å². The van der Waals surface area contributed by atoms with Gasteiger partial charge in [0.15, 0.2) is 0 Å². The lowest BCUT2D eigenvalue weighted by atomic mass is 10.1. The Hall–Kier alpha value is -2.19. The topological polar surface area (TPSA) is 56.7 Å². The molecule has 1 heterocycles. The van der Waals surface area contributed by atoms with Crippen LogP contribution in [0.2, 0.25) is 0 Å². The van der Waals surface area contributed by atoms with Crippen molar-refractivity contribution in [2.75, 3.05) is 25.0 Å². The summed E-state index contributed by atoms with van der Waals surface area (Å²) in [5.74, 6) is 3.03. The van der Waals surface area contributed by atoms with E-state index in [0.29, 0.717) is 5.96 Å². The highest BCUT2D eigenvalue weighted by atomic mass is 35.5. The van der Waals surface area contributed by atoms with E-state index in [1.807, 2.05) is 32.0 Å². The minimum Gasteiger partial charge on any atom is -0.343 e. The Labute approximate surface area is 144 Å². The van der Waals surface area contributed by atoms with Gasteiger partial charge in [-0.15, -0.1) is 18.8 Å². The predicted octanol–water partition coefficient (Wildman–Crippen LogP) is 2.93. The number of nitrogens with zero attached hydrogens (tertiary/aromatic N) is 2. The van der Waals surface area contributed by atoms with Crippen LogP contribution in [-0.4, -0.2) is 36.5 Å². The molecule has 1 saturated heterocycles. The number of likely N-dealkylation sites (tertiary alicyclic amines) is 1. The largest absolute Gasteiger partial charge is 0.343 e. The van der Waals surface area contributed by atoms with E-state index in [4.69, 9.17) is 6.42 Å². The van der Waals surface area contributed by atoms with Crippen LogP contribution in [0.4, 0.5) is 10.5 Å². The number of carbonyl (C=O) groups excluding carboxylic acids is 1. The fourth-order valence-electron chi connectivity index (χ4n) is 2.53. The van der Waals surface area contributed by atoms with Gasteiger partial charge in [0.1, 0.15) is 6.54 Å². The number of para-hydroxylation sites is 1. The predicted molar refractivity (Wildman–Crippen MR) is 97.3 cm³/mol. The van der Waals surface area contributed by atoms with Crippen LogP contribution in [0, 0.1) is 26.2 Å². The molecule has 0 atom stereocenters. The zero-order valence-electron chi connectivity index (χ0n) is 13.6. The number of guanidine groups is 1. The molecule has 1 fully saturated rings. The number of hydrogen-bond donors (Lipinski definition) is 2. The number of terminal acetylenes is 1. The van der Waals surface area contributed by atoms with Crippen molar-refractivity contribution in [3.8, 4) is 12.3 Å². The van der Waals surface area contributed by atoms with Crippen molar-refractivity contribution in [2.45, 2.75) is 26.7 Å². The van der Waals surface area contributed by atoms with Gasteiger partial charge in [-0.25, -0.2) is 9.79 Å². The Morgan fingerprint density at radius 3 is 2.48 bits per heavy atom. The van der Waals surface area contributed by atoms with Crippen LogP contribution in [0.5, 0.6) is 0 Å². The molecule has 0 aliphatic carbocycles. The molecule has 5 nitrogen and oxygen atoms in total. The summed E-state index contributed by atoms with van der Waals surface area (Å²) in [6, 6.07) is 5.62. The Balaban J connectivity index is 0.00000264. The van der Waals surface area contributed by atoms with E-state index in [-0.39, 0.29) is 25.0 Å². The van der Waals surface area contributed by atoms with E-state index in [1.54, 1.807) is 0 Å². The highest BCUT2D eigenvalue weighted by molar-refractivity contribution is 6.03. The van der Waals surface area contributed by atoms with Gasteiger partial charge < -0.3 is 10.2 Å². The molecule has 23 heavy (non-hydrogen) atoms. The van der Waals surface area contributed by atoms with Crippen LogP contribution >= 0.6 is 12.4 Å². The van der Waals surface area contributed by atoms with Gasteiger partial charge in [-0.3, -0.25) is 5.32 Å². The van der Waals surface area contributed by atoms with Crippen LogP contribution in [-0.2, 0) is 0 Å². The lowest BCUT2D eigenvalue weighted by molar-refractivity contribution is 0.255. The Bertz CT molecular complexity index is 595. The first kappa shape index (κ1) is 18.9. The van der Waals surface area contributed by atoms with Gasteiger partial charge in [-0.1, -0.05) is 24.1 Å². The van der Waals surface area contributed by atoms with Gasteiger partial charge in [0.2, 0.25) is 5.96 Å². The van der Waals surface area contributed by atoms with Crippen molar-refractivity contribution in [3.05, 3.63) is 29.3 Å². The minimum absolute atomic E-state index is 0. The minimum atomic E-state index is -0.292. The van der Waals surface area contributed by atoms with Crippen LogP contribution in [0.1, 0.15) is 24.0 Å².